The minimum absolute atomic E-state index is 0.0153. The van der Waals surface area contributed by atoms with Crippen LogP contribution in [0.15, 0.2) is 54.1 Å². The van der Waals surface area contributed by atoms with Gasteiger partial charge in [0.1, 0.15) is 6.61 Å². The molecular formula is C26H30O5. The number of ether oxygens (including phenoxy) is 3. The van der Waals surface area contributed by atoms with Crippen LogP contribution in [-0.4, -0.2) is 24.8 Å². The fourth-order valence-electron chi connectivity index (χ4n) is 5.13. The molecule has 5 nitrogen and oxygen atoms in total. The van der Waals surface area contributed by atoms with Gasteiger partial charge in [-0.3, -0.25) is 0 Å². The first kappa shape index (κ1) is 21.4. The van der Waals surface area contributed by atoms with Crippen molar-refractivity contribution >= 4 is 5.97 Å². The molecule has 0 unspecified atom stereocenters. The number of carbonyl (C=O) groups is 1. The van der Waals surface area contributed by atoms with Gasteiger partial charge in [-0.1, -0.05) is 43.7 Å². The van der Waals surface area contributed by atoms with Gasteiger partial charge in [0.15, 0.2) is 11.5 Å². The fraction of sp³-hybridized carbons (Fsp3) is 0.423. The summed E-state index contributed by atoms with van der Waals surface area (Å²) in [6, 6.07) is 12.7. The number of hydrogen-bond donors (Lipinski definition) is 1. The van der Waals surface area contributed by atoms with Crippen molar-refractivity contribution in [2.45, 2.75) is 33.5 Å². The van der Waals surface area contributed by atoms with Gasteiger partial charge < -0.3 is 19.3 Å². The Morgan fingerprint density at radius 1 is 1.13 bits per heavy atom. The van der Waals surface area contributed by atoms with Crippen LogP contribution in [0.5, 0.6) is 11.5 Å². The second kappa shape index (κ2) is 8.75. The molecule has 2 aliphatic rings. The van der Waals surface area contributed by atoms with E-state index >= 15 is 0 Å². The van der Waals surface area contributed by atoms with Gasteiger partial charge in [-0.2, -0.15) is 0 Å². The third-order valence-electron chi connectivity index (χ3n) is 6.87. The van der Waals surface area contributed by atoms with Gasteiger partial charge in [0.25, 0.3) is 0 Å². The van der Waals surface area contributed by atoms with Crippen LogP contribution in [0.4, 0.5) is 0 Å². The van der Waals surface area contributed by atoms with Crippen molar-refractivity contribution in [1.29, 1.82) is 0 Å². The normalized spacial score (nSPS) is 27.4. The number of carboxylic acids is 1. The van der Waals surface area contributed by atoms with E-state index in [0.717, 1.165) is 17.7 Å². The Morgan fingerprint density at radius 2 is 1.87 bits per heavy atom. The summed E-state index contributed by atoms with van der Waals surface area (Å²) in [4.78, 5) is 11.0. The first-order valence-electron chi connectivity index (χ1n) is 10.8. The molecule has 5 heteroatoms. The van der Waals surface area contributed by atoms with Crippen LogP contribution >= 0.6 is 0 Å². The third kappa shape index (κ3) is 4.19. The van der Waals surface area contributed by atoms with E-state index in [1.165, 1.54) is 5.57 Å². The molecule has 0 spiro atoms. The zero-order chi connectivity index (χ0) is 22.1. The summed E-state index contributed by atoms with van der Waals surface area (Å²) in [5, 5.41) is 9.02. The zero-order valence-electron chi connectivity index (χ0n) is 18.5. The van der Waals surface area contributed by atoms with Crippen molar-refractivity contribution in [3.05, 3.63) is 70.8 Å². The van der Waals surface area contributed by atoms with E-state index in [2.05, 4.69) is 32.9 Å². The topological polar surface area (TPSA) is 65.0 Å². The molecule has 1 aliphatic carbocycles. The monoisotopic (exact) mass is 422 g/mol. The van der Waals surface area contributed by atoms with E-state index in [0.29, 0.717) is 41.8 Å². The van der Waals surface area contributed by atoms with Gasteiger partial charge in [-0.25, -0.2) is 4.79 Å². The van der Waals surface area contributed by atoms with E-state index in [-0.39, 0.29) is 11.7 Å². The quantitative estimate of drug-likeness (QED) is 0.622. The molecule has 1 saturated heterocycles. The Kier molecular flexibility index (Phi) is 6.05. The number of benzene rings is 2. The van der Waals surface area contributed by atoms with E-state index in [4.69, 9.17) is 19.3 Å². The standard InChI is InChI=1S/C26H30O5/c1-15-11-16(2)24-17(3)21(15)14-31-25(24)20-9-10-22(23(12-20)29-4)30-13-18-5-7-19(8-6-18)26(27)28/h5-12,15,17,21,24-25H,13-14H2,1-4H3,(H,27,28)/t15-,17+,21+,24+,25+/m0/s1. The number of fused-ring (bicyclic) bond motifs is 2. The van der Waals surface area contributed by atoms with Gasteiger partial charge in [0, 0.05) is 5.92 Å². The Labute approximate surface area is 183 Å². The van der Waals surface area contributed by atoms with Crippen LogP contribution in [0, 0.1) is 23.7 Å². The highest BCUT2D eigenvalue weighted by Crippen LogP contribution is 2.50. The maximum Gasteiger partial charge on any atom is 0.335 e. The van der Waals surface area contributed by atoms with E-state index in [9.17, 15) is 4.79 Å². The van der Waals surface area contributed by atoms with Crippen LogP contribution in [0.1, 0.15) is 48.4 Å². The molecule has 5 atom stereocenters. The van der Waals surface area contributed by atoms with Crippen molar-refractivity contribution in [1.82, 2.24) is 0 Å². The lowest BCUT2D eigenvalue weighted by Crippen LogP contribution is -2.42. The maximum absolute atomic E-state index is 11.0. The van der Waals surface area contributed by atoms with Gasteiger partial charge in [0.2, 0.25) is 0 Å². The van der Waals surface area contributed by atoms with Crippen LogP contribution in [0.3, 0.4) is 0 Å². The molecule has 31 heavy (non-hydrogen) atoms. The minimum Gasteiger partial charge on any atom is -0.493 e. The Bertz CT molecular complexity index is 978. The number of rotatable bonds is 6. The maximum atomic E-state index is 11.0. The number of hydrogen-bond acceptors (Lipinski definition) is 4. The zero-order valence-corrected chi connectivity index (χ0v) is 18.5. The molecule has 0 saturated carbocycles. The van der Waals surface area contributed by atoms with Crippen LogP contribution in [0.25, 0.3) is 0 Å². The average molecular weight is 423 g/mol. The Balaban J connectivity index is 1.52. The van der Waals surface area contributed by atoms with Crippen molar-refractivity contribution < 1.29 is 24.1 Å². The second-order valence-corrected chi connectivity index (χ2v) is 8.77. The molecule has 1 fully saturated rings. The van der Waals surface area contributed by atoms with Crippen LogP contribution in [-0.2, 0) is 11.3 Å². The second-order valence-electron chi connectivity index (χ2n) is 8.77. The van der Waals surface area contributed by atoms with Gasteiger partial charge in [-0.05, 0) is 60.1 Å². The highest BCUT2D eigenvalue weighted by Gasteiger charge is 2.43. The lowest BCUT2D eigenvalue weighted by Gasteiger charge is -2.47. The molecule has 2 aromatic rings. The number of methoxy groups -OCH3 is 1. The van der Waals surface area contributed by atoms with E-state index in [1.807, 2.05) is 12.1 Å². The minimum atomic E-state index is -0.937. The first-order chi connectivity index (χ1) is 14.9. The summed E-state index contributed by atoms with van der Waals surface area (Å²) in [6.07, 6.45) is 2.43. The molecule has 2 bridgehead atoms. The van der Waals surface area contributed by atoms with Crippen molar-refractivity contribution in [2.24, 2.45) is 23.7 Å². The van der Waals surface area contributed by atoms with Crippen LogP contribution < -0.4 is 9.47 Å². The third-order valence-corrected chi connectivity index (χ3v) is 6.87. The van der Waals surface area contributed by atoms with Crippen molar-refractivity contribution in [3.63, 3.8) is 0 Å². The summed E-state index contributed by atoms with van der Waals surface area (Å²) in [5.74, 6) is 2.47. The molecule has 1 N–H and O–H groups in total. The molecule has 4 rings (SSSR count). The number of aromatic carboxylic acids is 1. The summed E-state index contributed by atoms with van der Waals surface area (Å²) < 4.78 is 17.9. The molecule has 1 heterocycles. The smallest absolute Gasteiger partial charge is 0.335 e. The summed E-state index contributed by atoms with van der Waals surface area (Å²) in [6.45, 7) is 7.97. The van der Waals surface area contributed by atoms with E-state index in [1.54, 1.807) is 31.4 Å². The fourth-order valence-corrected chi connectivity index (χ4v) is 5.13. The summed E-state index contributed by atoms with van der Waals surface area (Å²) in [7, 11) is 1.64. The van der Waals surface area contributed by atoms with Gasteiger partial charge >= 0.3 is 5.97 Å². The Morgan fingerprint density at radius 3 is 2.55 bits per heavy atom. The largest absolute Gasteiger partial charge is 0.493 e. The van der Waals surface area contributed by atoms with Crippen molar-refractivity contribution in [3.8, 4) is 11.5 Å². The molecule has 0 aromatic heterocycles. The molecule has 2 aromatic carbocycles. The Hall–Kier alpha value is -2.79. The van der Waals surface area contributed by atoms with Gasteiger partial charge in [0.05, 0.1) is 25.4 Å². The van der Waals surface area contributed by atoms with Crippen molar-refractivity contribution in [2.75, 3.05) is 13.7 Å². The van der Waals surface area contributed by atoms with E-state index < -0.39 is 5.97 Å². The lowest BCUT2D eigenvalue weighted by molar-refractivity contribution is -0.0935. The predicted molar refractivity (Wildman–Crippen MR) is 118 cm³/mol. The van der Waals surface area contributed by atoms with Gasteiger partial charge in [-0.15, -0.1) is 0 Å². The first-order valence-corrected chi connectivity index (χ1v) is 10.8. The van der Waals surface area contributed by atoms with Crippen LogP contribution in [0.2, 0.25) is 0 Å². The highest BCUT2D eigenvalue weighted by atomic mass is 16.5. The number of carboxylic acid groups (broad SMARTS) is 1. The molecule has 1 aliphatic heterocycles. The lowest BCUT2D eigenvalue weighted by atomic mass is 9.64. The summed E-state index contributed by atoms with van der Waals surface area (Å²) in [5.41, 5.74) is 3.66. The molecule has 164 valence electrons. The molecule has 0 amide bonds. The SMILES string of the molecule is COc1cc([C@H]2OC[C@H]3[C@@H](C)[C@H]2C(C)=C[C@@H]3C)ccc1OCc1ccc(C(=O)O)cc1. The average Bonchev–Trinajstić information content (AvgIpc) is 2.76. The molecule has 0 radical (unpaired) electrons. The predicted octanol–water partition coefficient (Wildman–Crippen LogP) is 5.51. The molecular weight excluding hydrogens is 392 g/mol. The number of allylic oxidation sites excluding steroid dienone is 1. The summed E-state index contributed by atoms with van der Waals surface area (Å²) >= 11 is 0. The highest BCUT2D eigenvalue weighted by molar-refractivity contribution is 5.87.